The summed E-state index contributed by atoms with van der Waals surface area (Å²) in [6, 6.07) is 8.76. The molecule has 1 heterocycles. The smallest absolute Gasteiger partial charge is 0.350 e. The molecule has 0 bridgehead atoms. The molecule has 0 atom stereocenters. The topological polar surface area (TPSA) is 64.6 Å². The standard InChI is InChI=1S/C15H15NO4S/c1-19-9-10-3-5-11(6-4-10)14(17)16-12-7-8-21-13(12)15(18)20-2/h3-8H,9H2,1-2H3,(H,16,17). The summed E-state index contributed by atoms with van der Waals surface area (Å²) in [6.45, 7) is 0.499. The quantitative estimate of drug-likeness (QED) is 0.863. The van der Waals surface area contributed by atoms with Gasteiger partial charge in [0, 0.05) is 12.7 Å². The van der Waals surface area contributed by atoms with E-state index in [0.717, 1.165) is 5.56 Å². The van der Waals surface area contributed by atoms with Crippen molar-refractivity contribution in [2.24, 2.45) is 0 Å². The molecule has 0 aliphatic heterocycles. The van der Waals surface area contributed by atoms with Crippen LogP contribution in [0.1, 0.15) is 25.6 Å². The highest BCUT2D eigenvalue weighted by molar-refractivity contribution is 7.12. The minimum absolute atomic E-state index is 0.275. The number of carbonyl (C=O) groups is 2. The molecule has 0 radical (unpaired) electrons. The molecule has 2 aromatic rings. The lowest BCUT2D eigenvalue weighted by atomic mass is 10.1. The van der Waals surface area contributed by atoms with E-state index in [9.17, 15) is 9.59 Å². The maximum absolute atomic E-state index is 12.2. The Morgan fingerprint density at radius 3 is 2.48 bits per heavy atom. The summed E-state index contributed by atoms with van der Waals surface area (Å²) >= 11 is 1.22. The first-order valence-electron chi connectivity index (χ1n) is 6.20. The molecule has 0 aliphatic carbocycles. The van der Waals surface area contributed by atoms with Gasteiger partial charge in [0.05, 0.1) is 19.4 Å². The van der Waals surface area contributed by atoms with Crippen molar-refractivity contribution in [3.8, 4) is 0 Å². The van der Waals surface area contributed by atoms with Crippen molar-refractivity contribution >= 4 is 28.9 Å². The van der Waals surface area contributed by atoms with Gasteiger partial charge in [-0.2, -0.15) is 0 Å². The Bertz CT molecular complexity index is 633. The van der Waals surface area contributed by atoms with Crippen LogP contribution in [0.2, 0.25) is 0 Å². The van der Waals surface area contributed by atoms with Crippen LogP contribution >= 0.6 is 11.3 Å². The van der Waals surface area contributed by atoms with E-state index < -0.39 is 5.97 Å². The molecule has 1 aromatic heterocycles. The van der Waals surface area contributed by atoms with E-state index in [1.165, 1.54) is 18.4 Å². The fourth-order valence-corrected chi connectivity index (χ4v) is 2.54. The fourth-order valence-electron chi connectivity index (χ4n) is 1.77. The Balaban J connectivity index is 2.11. The number of thiophene rings is 1. The Kier molecular flexibility index (Phi) is 5.08. The third-order valence-corrected chi connectivity index (χ3v) is 3.71. The Hall–Kier alpha value is -2.18. The van der Waals surface area contributed by atoms with Crippen molar-refractivity contribution < 1.29 is 19.1 Å². The van der Waals surface area contributed by atoms with Crippen LogP contribution in [0.5, 0.6) is 0 Å². The number of ether oxygens (including phenoxy) is 2. The molecule has 0 unspecified atom stereocenters. The van der Waals surface area contributed by atoms with Crippen LogP contribution in [-0.2, 0) is 16.1 Å². The summed E-state index contributed by atoms with van der Waals surface area (Å²) in [5.74, 6) is -0.738. The molecule has 1 N–H and O–H groups in total. The fraction of sp³-hybridized carbons (Fsp3) is 0.200. The van der Waals surface area contributed by atoms with Crippen molar-refractivity contribution in [1.82, 2.24) is 0 Å². The van der Waals surface area contributed by atoms with Gasteiger partial charge in [0.1, 0.15) is 4.88 Å². The van der Waals surface area contributed by atoms with Crippen LogP contribution in [0, 0.1) is 0 Å². The van der Waals surface area contributed by atoms with E-state index in [4.69, 9.17) is 4.74 Å². The SMILES string of the molecule is COCc1ccc(C(=O)Nc2ccsc2C(=O)OC)cc1. The molecule has 2 rings (SSSR count). The number of anilines is 1. The predicted octanol–water partition coefficient (Wildman–Crippen LogP) is 2.93. The van der Waals surface area contributed by atoms with Gasteiger partial charge >= 0.3 is 5.97 Å². The van der Waals surface area contributed by atoms with Gasteiger partial charge in [-0.05, 0) is 29.1 Å². The molecule has 0 aliphatic rings. The van der Waals surface area contributed by atoms with Crippen LogP contribution in [0.3, 0.4) is 0 Å². The van der Waals surface area contributed by atoms with Crippen molar-refractivity contribution in [3.63, 3.8) is 0 Å². The lowest BCUT2D eigenvalue weighted by molar-refractivity contribution is 0.0607. The zero-order chi connectivity index (χ0) is 15.2. The minimum atomic E-state index is -0.462. The van der Waals surface area contributed by atoms with E-state index in [2.05, 4.69) is 10.1 Å². The van der Waals surface area contributed by atoms with Crippen molar-refractivity contribution in [3.05, 3.63) is 51.7 Å². The summed E-state index contributed by atoms with van der Waals surface area (Å²) in [5, 5.41) is 4.44. The Morgan fingerprint density at radius 1 is 1.14 bits per heavy atom. The second kappa shape index (κ2) is 7.01. The Labute approximate surface area is 126 Å². The van der Waals surface area contributed by atoms with E-state index in [1.54, 1.807) is 30.7 Å². The summed E-state index contributed by atoms with van der Waals surface area (Å²) in [4.78, 5) is 24.1. The average molecular weight is 305 g/mol. The number of hydrogen-bond acceptors (Lipinski definition) is 5. The summed E-state index contributed by atoms with van der Waals surface area (Å²) < 4.78 is 9.69. The number of carbonyl (C=O) groups excluding carboxylic acids is 2. The highest BCUT2D eigenvalue weighted by Crippen LogP contribution is 2.23. The van der Waals surface area contributed by atoms with Gasteiger partial charge < -0.3 is 14.8 Å². The third kappa shape index (κ3) is 3.68. The second-order valence-electron chi connectivity index (χ2n) is 4.24. The van der Waals surface area contributed by atoms with E-state index >= 15 is 0 Å². The van der Waals surface area contributed by atoms with Crippen LogP contribution in [0.15, 0.2) is 35.7 Å². The van der Waals surface area contributed by atoms with Crippen LogP contribution in [-0.4, -0.2) is 26.1 Å². The third-order valence-electron chi connectivity index (χ3n) is 2.81. The predicted molar refractivity (Wildman–Crippen MR) is 80.8 cm³/mol. The Morgan fingerprint density at radius 2 is 1.86 bits per heavy atom. The molecule has 0 spiro atoms. The van der Waals surface area contributed by atoms with Crippen molar-refractivity contribution in [1.29, 1.82) is 0 Å². The lowest BCUT2D eigenvalue weighted by Crippen LogP contribution is -2.14. The highest BCUT2D eigenvalue weighted by Gasteiger charge is 2.16. The van der Waals surface area contributed by atoms with Crippen molar-refractivity contribution in [2.75, 3.05) is 19.5 Å². The molecule has 0 saturated carbocycles. The molecule has 6 heteroatoms. The first-order chi connectivity index (χ1) is 10.2. The molecule has 110 valence electrons. The van der Waals surface area contributed by atoms with Crippen molar-refractivity contribution in [2.45, 2.75) is 6.61 Å². The van der Waals surface area contributed by atoms with Crippen LogP contribution in [0.25, 0.3) is 0 Å². The minimum Gasteiger partial charge on any atom is -0.465 e. The first kappa shape index (κ1) is 15.2. The van der Waals surface area contributed by atoms with Gasteiger partial charge in [-0.15, -0.1) is 11.3 Å². The average Bonchev–Trinajstić information content (AvgIpc) is 2.95. The number of amides is 1. The molecule has 1 amide bonds. The van der Waals surface area contributed by atoms with Gasteiger partial charge in [0.15, 0.2) is 0 Å². The number of methoxy groups -OCH3 is 2. The lowest BCUT2D eigenvalue weighted by Gasteiger charge is -2.06. The monoisotopic (exact) mass is 305 g/mol. The molecule has 0 fully saturated rings. The number of esters is 1. The van der Waals surface area contributed by atoms with Gasteiger partial charge in [0.25, 0.3) is 5.91 Å². The molecule has 0 saturated heterocycles. The largest absolute Gasteiger partial charge is 0.465 e. The summed E-state index contributed by atoms with van der Waals surface area (Å²) in [6.07, 6.45) is 0. The van der Waals surface area contributed by atoms with E-state index in [-0.39, 0.29) is 5.91 Å². The second-order valence-corrected chi connectivity index (χ2v) is 5.16. The zero-order valence-corrected chi connectivity index (χ0v) is 12.5. The molecular formula is C15H15NO4S. The van der Waals surface area contributed by atoms with Gasteiger partial charge in [-0.25, -0.2) is 4.79 Å². The van der Waals surface area contributed by atoms with E-state index in [1.807, 2.05) is 12.1 Å². The molecular weight excluding hydrogens is 290 g/mol. The maximum Gasteiger partial charge on any atom is 0.350 e. The number of nitrogens with one attached hydrogen (secondary N) is 1. The maximum atomic E-state index is 12.2. The highest BCUT2D eigenvalue weighted by atomic mass is 32.1. The van der Waals surface area contributed by atoms with Gasteiger partial charge in [0.2, 0.25) is 0 Å². The number of benzene rings is 1. The summed E-state index contributed by atoms with van der Waals surface area (Å²) in [5.41, 5.74) is 1.95. The zero-order valence-electron chi connectivity index (χ0n) is 11.7. The normalized spacial score (nSPS) is 10.2. The number of rotatable bonds is 5. The molecule has 1 aromatic carbocycles. The van der Waals surface area contributed by atoms with Crippen LogP contribution in [0.4, 0.5) is 5.69 Å². The first-order valence-corrected chi connectivity index (χ1v) is 7.08. The van der Waals surface area contributed by atoms with E-state index in [0.29, 0.717) is 22.7 Å². The molecule has 21 heavy (non-hydrogen) atoms. The van der Waals surface area contributed by atoms with Gasteiger partial charge in [-0.3, -0.25) is 4.79 Å². The summed E-state index contributed by atoms with van der Waals surface area (Å²) in [7, 11) is 2.92. The molecule has 5 nitrogen and oxygen atoms in total. The van der Waals surface area contributed by atoms with Crippen LogP contribution < -0.4 is 5.32 Å². The number of hydrogen-bond donors (Lipinski definition) is 1. The van der Waals surface area contributed by atoms with Gasteiger partial charge in [-0.1, -0.05) is 12.1 Å².